The van der Waals surface area contributed by atoms with Crippen molar-refractivity contribution in [1.82, 2.24) is 29.9 Å². The zero-order valence-electron chi connectivity index (χ0n) is 12.7. The summed E-state index contributed by atoms with van der Waals surface area (Å²) in [6, 6.07) is 6.89. The molecular weight excluding hydrogens is 330 g/mol. The Hall–Kier alpha value is -3.01. The Morgan fingerprint density at radius 2 is 1.71 bits per heavy atom. The van der Waals surface area contributed by atoms with Crippen molar-refractivity contribution in [2.45, 2.75) is 12.7 Å². The van der Waals surface area contributed by atoms with Gasteiger partial charge in [-0.25, -0.2) is 23.4 Å². The third-order valence-corrected chi connectivity index (χ3v) is 3.96. The first-order valence-electron chi connectivity index (χ1n) is 6.92. The lowest BCUT2D eigenvalue weighted by molar-refractivity contribution is 0.598. The molecule has 3 aromatic rings. The van der Waals surface area contributed by atoms with Crippen LogP contribution in [0, 0.1) is 6.92 Å². The highest BCUT2D eigenvalue weighted by atomic mass is 32.2. The zero-order chi connectivity index (χ0) is 17.0. The molecule has 3 rings (SSSR count). The Balaban J connectivity index is 1.86. The topological polar surface area (TPSA) is 124 Å². The molecule has 3 aromatic heterocycles. The average Bonchev–Trinajstić information content (AvgIpc) is 2.55. The van der Waals surface area contributed by atoms with E-state index in [1.165, 1.54) is 12.4 Å². The summed E-state index contributed by atoms with van der Waals surface area (Å²) >= 11 is 0. The first kappa shape index (κ1) is 15.9. The van der Waals surface area contributed by atoms with Crippen molar-refractivity contribution in [3.63, 3.8) is 0 Å². The summed E-state index contributed by atoms with van der Waals surface area (Å²) < 4.78 is 26.8. The minimum absolute atomic E-state index is 0.0703. The van der Waals surface area contributed by atoms with Gasteiger partial charge >= 0.3 is 0 Å². The van der Waals surface area contributed by atoms with Crippen LogP contribution in [0.3, 0.4) is 0 Å². The lowest BCUT2D eigenvalue weighted by Gasteiger charge is -2.07. The van der Waals surface area contributed by atoms with Gasteiger partial charge in [-0.3, -0.25) is 9.71 Å². The molecule has 0 bridgehead atoms. The normalized spacial score (nSPS) is 11.2. The molecule has 3 heterocycles. The molecule has 24 heavy (non-hydrogen) atoms. The quantitative estimate of drug-likeness (QED) is 0.727. The van der Waals surface area contributed by atoms with Crippen LogP contribution in [0.4, 0.5) is 5.95 Å². The number of hydrogen-bond donors (Lipinski definition) is 1. The molecule has 9 nitrogen and oxygen atoms in total. The van der Waals surface area contributed by atoms with Crippen LogP contribution in [0.1, 0.15) is 11.6 Å². The van der Waals surface area contributed by atoms with Gasteiger partial charge in [-0.05, 0) is 25.1 Å². The number of anilines is 1. The first-order chi connectivity index (χ1) is 11.5. The van der Waals surface area contributed by atoms with Crippen LogP contribution in [0.2, 0.25) is 0 Å². The van der Waals surface area contributed by atoms with E-state index < -0.39 is 10.0 Å². The number of nitrogens with zero attached hydrogens (tertiary/aromatic N) is 6. The van der Waals surface area contributed by atoms with E-state index >= 15 is 0 Å². The number of aryl methyl sites for hydroxylation is 1. The van der Waals surface area contributed by atoms with Crippen molar-refractivity contribution < 1.29 is 8.42 Å². The van der Waals surface area contributed by atoms with E-state index in [1.807, 2.05) is 0 Å². The number of rotatable bonds is 5. The first-order valence-corrected chi connectivity index (χ1v) is 8.57. The summed E-state index contributed by atoms with van der Waals surface area (Å²) in [5.41, 5.74) is 0.523. The van der Waals surface area contributed by atoms with Crippen LogP contribution in [0.25, 0.3) is 11.5 Å². The Bertz CT molecular complexity index is 934. The van der Waals surface area contributed by atoms with Crippen LogP contribution in [-0.2, 0) is 15.8 Å². The van der Waals surface area contributed by atoms with E-state index in [0.29, 0.717) is 11.5 Å². The van der Waals surface area contributed by atoms with Gasteiger partial charge in [0.05, 0.1) is 0 Å². The largest absolute Gasteiger partial charge is 0.253 e. The van der Waals surface area contributed by atoms with Crippen molar-refractivity contribution in [3.8, 4) is 11.5 Å². The maximum atomic E-state index is 12.2. The van der Waals surface area contributed by atoms with Crippen molar-refractivity contribution in [2.75, 3.05) is 4.72 Å². The van der Waals surface area contributed by atoms with E-state index in [-0.39, 0.29) is 23.4 Å². The van der Waals surface area contributed by atoms with Crippen molar-refractivity contribution in [1.29, 1.82) is 0 Å². The summed E-state index contributed by atoms with van der Waals surface area (Å²) in [6.45, 7) is 1.65. The second kappa shape index (κ2) is 6.62. The van der Waals surface area contributed by atoms with Crippen LogP contribution < -0.4 is 4.72 Å². The number of hydrogen-bond acceptors (Lipinski definition) is 8. The highest BCUT2D eigenvalue weighted by Crippen LogP contribution is 2.14. The molecule has 0 amide bonds. The van der Waals surface area contributed by atoms with Gasteiger partial charge in [0.15, 0.2) is 5.82 Å². The molecule has 0 spiro atoms. The number of nitrogens with one attached hydrogen (secondary N) is 1. The van der Waals surface area contributed by atoms with Crippen LogP contribution in [0.15, 0.2) is 42.9 Å². The minimum atomic E-state index is -3.75. The minimum Gasteiger partial charge on any atom is -0.253 e. The van der Waals surface area contributed by atoms with Crippen molar-refractivity contribution >= 4 is 16.0 Å². The van der Waals surface area contributed by atoms with Gasteiger partial charge in [-0.1, -0.05) is 6.07 Å². The van der Waals surface area contributed by atoms with E-state index in [4.69, 9.17) is 0 Å². The summed E-state index contributed by atoms with van der Waals surface area (Å²) in [5.74, 6) is 0.396. The van der Waals surface area contributed by atoms with E-state index in [1.54, 1.807) is 37.4 Å². The molecule has 0 fully saturated rings. The average molecular weight is 343 g/mol. The molecule has 0 atom stereocenters. The van der Waals surface area contributed by atoms with Crippen LogP contribution >= 0.6 is 0 Å². The van der Waals surface area contributed by atoms with Crippen LogP contribution in [0.5, 0.6) is 0 Å². The standard InChI is InChI=1S/C14H13N7O2S/c1-10-18-13(11-5-2-3-6-15-11)20-14(19-10)21-24(22,23)9-12-16-7-4-8-17-12/h2-8H,9H2,1H3,(H,18,19,20,21). The Kier molecular flexibility index (Phi) is 4.38. The molecule has 0 radical (unpaired) electrons. The molecule has 0 unspecified atom stereocenters. The van der Waals surface area contributed by atoms with Gasteiger partial charge in [-0.2, -0.15) is 9.97 Å². The van der Waals surface area contributed by atoms with Gasteiger partial charge in [0, 0.05) is 18.6 Å². The lowest BCUT2D eigenvalue weighted by atomic mass is 10.3. The monoisotopic (exact) mass is 343 g/mol. The van der Waals surface area contributed by atoms with E-state index in [2.05, 4.69) is 34.6 Å². The molecule has 1 N–H and O–H groups in total. The summed E-state index contributed by atoms with van der Waals surface area (Å²) in [4.78, 5) is 24.2. The van der Waals surface area contributed by atoms with E-state index in [9.17, 15) is 8.42 Å². The van der Waals surface area contributed by atoms with Crippen LogP contribution in [-0.4, -0.2) is 38.3 Å². The molecule has 0 saturated heterocycles. The molecule has 0 aliphatic heterocycles. The van der Waals surface area contributed by atoms with Gasteiger partial charge < -0.3 is 0 Å². The molecule has 0 aliphatic carbocycles. The smallest absolute Gasteiger partial charge is 0.242 e. The van der Waals surface area contributed by atoms with Crippen molar-refractivity contribution in [3.05, 3.63) is 54.5 Å². The second-order valence-corrected chi connectivity index (χ2v) is 6.49. The summed E-state index contributed by atoms with van der Waals surface area (Å²) in [7, 11) is -3.75. The Morgan fingerprint density at radius 1 is 0.958 bits per heavy atom. The van der Waals surface area contributed by atoms with Gasteiger partial charge in [0.1, 0.15) is 23.1 Å². The molecular formula is C14H13N7O2S. The lowest BCUT2D eigenvalue weighted by Crippen LogP contribution is -2.19. The highest BCUT2D eigenvalue weighted by molar-refractivity contribution is 7.91. The Morgan fingerprint density at radius 3 is 2.42 bits per heavy atom. The second-order valence-electron chi connectivity index (χ2n) is 4.77. The fourth-order valence-electron chi connectivity index (χ4n) is 1.89. The Labute approximate surface area is 138 Å². The van der Waals surface area contributed by atoms with Gasteiger partial charge in [0.25, 0.3) is 0 Å². The summed E-state index contributed by atoms with van der Waals surface area (Å²) in [6.07, 6.45) is 4.55. The fraction of sp³-hybridized carbons (Fsp3) is 0.143. The molecule has 10 heteroatoms. The predicted octanol–water partition coefficient (Wildman–Crippen LogP) is 0.974. The molecule has 0 aromatic carbocycles. The number of sulfonamides is 1. The molecule has 122 valence electrons. The third kappa shape index (κ3) is 4.04. The summed E-state index contributed by atoms with van der Waals surface area (Å²) in [5, 5.41) is 0. The highest BCUT2D eigenvalue weighted by Gasteiger charge is 2.17. The SMILES string of the molecule is Cc1nc(NS(=O)(=O)Cc2ncccn2)nc(-c2ccccn2)n1. The van der Waals surface area contributed by atoms with Gasteiger partial charge in [0.2, 0.25) is 16.0 Å². The predicted molar refractivity (Wildman–Crippen MR) is 86.1 cm³/mol. The van der Waals surface area contributed by atoms with Gasteiger partial charge in [-0.15, -0.1) is 0 Å². The number of aromatic nitrogens is 6. The molecule has 0 saturated carbocycles. The fourth-order valence-corrected chi connectivity index (χ4v) is 2.82. The number of pyridine rings is 1. The van der Waals surface area contributed by atoms with E-state index in [0.717, 1.165) is 0 Å². The third-order valence-electron chi connectivity index (χ3n) is 2.83. The van der Waals surface area contributed by atoms with Crippen molar-refractivity contribution in [2.24, 2.45) is 0 Å². The zero-order valence-corrected chi connectivity index (χ0v) is 13.5. The molecule has 0 aliphatic rings. The maximum absolute atomic E-state index is 12.2. The maximum Gasteiger partial charge on any atom is 0.242 e.